The molecule has 1 aromatic heterocycles. The molecule has 6 heteroatoms. The molecule has 0 aliphatic carbocycles. The number of piperidine rings is 1. The standard InChI is InChI=1S/C12H20N4OS/c1-3-9-10(18-16-15-9)11(17)14-8-12(2)5-4-6-13-7-12/h13H,3-8H2,1-2H3,(H,14,17). The van der Waals surface area contributed by atoms with Crippen LogP contribution in [0.15, 0.2) is 0 Å². The van der Waals surface area contributed by atoms with Gasteiger partial charge >= 0.3 is 0 Å². The van der Waals surface area contributed by atoms with Gasteiger partial charge in [0.25, 0.3) is 5.91 Å². The van der Waals surface area contributed by atoms with E-state index in [-0.39, 0.29) is 11.3 Å². The van der Waals surface area contributed by atoms with Crippen LogP contribution in [0.2, 0.25) is 0 Å². The molecular weight excluding hydrogens is 248 g/mol. The number of nitrogens with one attached hydrogen (secondary N) is 2. The zero-order valence-electron chi connectivity index (χ0n) is 11.0. The van der Waals surface area contributed by atoms with E-state index in [4.69, 9.17) is 0 Å². The fourth-order valence-corrected chi connectivity index (χ4v) is 2.92. The largest absolute Gasteiger partial charge is 0.351 e. The normalized spacial score (nSPS) is 23.9. The Morgan fingerprint density at radius 1 is 1.61 bits per heavy atom. The smallest absolute Gasteiger partial charge is 0.264 e. The highest BCUT2D eigenvalue weighted by Crippen LogP contribution is 2.24. The van der Waals surface area contributed by atoms with Gasteiger partial charge in [-0.25, -0.2) is 0 Å². The summed E-state index contributed by atoms with van der Waals surface area (Å²) in [4.78, 5) is 12.7. The Morgan fingerprint density at radius 3 is 3.11 bits per heavy atom. The maximum atomic E-state index is 12.1. The van der Waals surface area contributed by atoms with Crippen molar-refractivity contribution in [3.8, 4) is 0 Å². The number of hydrogen-bond acceptors (Lipinski definition) is 5. The van der Waals surface area contributed by atoms with E-state index in [0.717, 1.165) is 31.6 Å². The molecule has 1 aromatic rings. The van der Waals surface area contributed by atoms with Gasteiger partial charge in [0, 0.05) is 13.1 Å². The van der Waals surface area contributed by atoms with Crippen molar-refractivity contribution in [1.82, 2.24) is 20.2 Å². The Morgan fingerprint density at radius 2 is 2.44 bits per heavy atom. The molecule has 18 heavy (non-hydrogen) atoms. The summed E-state index contributed by atoms with van der Waals surface area (Å²) in [6, 6.07) is 0. The van der Waals surface area contributed by atoms with Crippen LogP contribution >= 0.6 is 11.5 Å². The quantitative estimate of drug-likeness (QED) is 0.861. The lowest BCUT2D eigenvalue weighted by molar-refractivity contribution is 0.0927. The monoisotopic (exact) mass is 268 g/mol. The molecule has 0 aromatic carbocycles. The number of hydrogen-bond donors (Lipinski definition) is 2. The van der Waals surface area contributed by atoms with Crippen LogP contribution in [0.4, 0.5) is 0 Å². The van der Waals surface area contributed by atoms with E-state index in [9.17, 15) is 4.79 Å². The number of aryl methyl sites for hydroxylation is 1. The third-order valence-electron chi connectivity index (χ3n) is 3.46. The third-order valence-corrected chi connectivity index (χ3v) is 4.23. The van der Waals surface area contributed by atoms with Gasteiger partial charge in [-0.15, -0.1) is 5.10 Å². The fourth-order valence-electron chi connectivity index (χ4n) is 2.26. The highest BCUT2D eigenvalue weighted by Gasteiger charge is 2.27. The highest BCUT2D eigenvalue weighted by atomic mass is 32.1. The summed E-state index contributed by atoms with van der Waals surface area (Å²) in [6.45, 7) is 6.96. The zero-order valence-corrected chi connectivity index (χ0v) is 11.8. The van der Waals surface area contributed by atoms with Crippen molar-refractivity contribution in [3.63, 3.8) is 0 Å². The molecule has 1 fully saturated rings. The second-order valence-corrected chi connectivity index (χ2v) is 5.93. The molecule has 1 saturated heterocycles. The van der Waals surface area contributed by atoms with Gasteiger partial charge in [-0.3, -0.25) is 4.79 Å². The number of rotatable bonds is 4. The van der Waals surface area contributed by atoms with Crippen LogP contribution in [-0.2, 0) is 6.42 Å². The number of carbonyl (C=O) groups excluding carboxylic acids is 1. The molecule has 2 heterocycles. The molecule has 1 amide bonds. The lowest BCUT2D eigenvalue weighted by Crippen LogP contribution is -2.45. The predicted molar refractivity (Wildman–Crippen MR) is 71.8 cm³/mol. The Bertz CT molecular complexity index is 412. The molecular formula is C12H20N4OS. The Hall–Kier alpha value is -1.01. The Kier molecular flexibility index (Phi) is 4.29. The number of carbonyl (C=O) groups is 1. The average molecular weight is 268 g/mol. The highest BCUT2D eigenvalue weighted by molar-refractivity contribution is 7.08. The minimum absolute atomic E-state index is 0.0337. The Labute approximate surface area is 112 Å². The first-order chi connectivity index (χ1) is 8.64. The molecule has 1 aliphatic rings. The van der Waals surface area contributed by atoms with Crippen LogP contribution in [0.3, 0.4) is 0 Å². The summed E-state index contributed by atoms with van der Waals surface area (Å²) in [7, 11) is 0. The van der Waals surface area contributed by atoms with E-state index in [1.54, 1.807) is 0 Å². The third kappa shape index (κ3) is 3.05. The van der Waals surface area contributed by atoms with Crippen LogP contribution in [0.5, 0.6) is 0 Å². The first kappa shape index (κ1) is 13.4. The first-order valence-electron chi connectivity index (χ1n) is 6.45. The number of amides is 1. The zero-order chi connectivity index (χ0) is 13.0. The van der Waals surface area contributed by atoms with E-state index in [0.29, 0.717) is 11.4 Å². The molecule has 5 nitrogen and oxygen atoms in total. The van der Waals surface area contributed by atoms with Gasteiger partial charge in [-0.2, -0.15) is 0 Å². The van der Waals surface area contributed by atoms with Crippen LogP contribution in [0, 0.1) is 5.41 Å². The van der Waals surface area contributed by atoms with E-state index < -0.39 is 0 Å². The van der Waals surface area contributed by atoms with E-state index >= 15 is 0 Å². The van der Waals surface area contributed by atoms with Gasteiger partial charge in [0.1, 0.15) is 4.88 Å². The van der Waals surface area contributed by atoms with E-state index in [1.165, 1.54) is 18.0 Å². The van der Waals surface area contributed by atoms with Crippen molar-refractivity contribution in [2.24, 2.45) is 5.41 Å². The molecule has 0 radical (unpaired) electrons. The minimum Gasteiger partial charge on any atom is -0.351 e. The van der Waals surface area contributed by atoms with Gasteiger partial charge in [0.05, 0.1) is 5.69 Å². The molecule has 1 aliphatic heterocycles. The second kappa shape index (κ2) is 5.75. The topological polar surface area (TPSA) is 66.9 Å². The van der Waals surface area contributed by atoms with E-state index in [1.807, 2.05) is 6.92 Å². The van der Waals surface area contributed by atoms with Crippen molar-refractivity contribution in [2.45, 2.75) is 33.1 Å². The maximum Gasteiger partial charge on any atom is 0.264 e. The molecule has 2 N–H and O–H groups in total. The average Bonchev–Trinajstić information content (AvgIpc) is 2.85. The summed E-state index contributed by atoms with van der Waals surface area (Å²) in [5.41, 5.74) is 0.961. The summed E-state index contributed by atoms with van der Waals surface area (Å²) in [5, 5.41) is 10.4. The minimum atomic E-state index is -0.0337. The summed E-state index contributed by atoms with van der Waals surface area (Å²) in [5.74, 6) is -0.0337. The molecule has 0 bridgehead atoms. The molecule has 1 atom stereocenters. The lowest BCUT2D eigenvalue weighted by atomic mass is 9.83. The molecule has 100 valence electrons. The maximum absolute atomic E-state index is 12.1. The van der Waals surface area contributed by atoms with Crippen molar-refractivity contribution in [3.05, 3.63) is 10.6 Å². The van der Waals surface area contributed by atoms with Crippen molar-refractivity contribution < 1.29 is 4.79 Å². The van der Waals surface area contributed by atoms with Gasteiger partial charge in [-0.05, 0) is 42.8 Å². The predicted octanol–water partition coefficient (Wildman–Crippen LogP) is 1.22. The molecule has 1 unspecified atom stereocenters. The van der Waals surface area contributed by atoms with Crippen molar-refractivity contribution >= 4 is 17.4 Å². The van der Waals surface area contributed by atoms with Gasteiger partial charge in [0.15, 0.2) is 0 Å². The Balaban J connectivity index is 1.92. The second-order valence-electron chi connectivity index (χ2n) is 5.18. The van der Waals surface area contributed by atoms with Crippen molar-refractivity contribution in [2.75, 3.05) is 19.6 Å². The SMILES string of the molecule is CCc1nnsc1C(=O)NCC1(C)CCCNC1. The van der Waals surface area contributed by atoms with Crippen LogP contribution in [0.25, 0.3) is 0 Å². The number of aromatic nitrogens is 2. The molecule has 2 rings (SSSR count). The first-order valence-corrected chi connectivity index (χ1v) is 7.22. The molecule has 0 spiro atoms. The van der Waals surface area contributed by atoms with Gasteiger partial charge < -0.3 is 10.6 Å². The van der Waals surface area contributed by atoms with Crippen LogP contribution < -0.4 is 10.6 Å². The van der Waals surface area contributed by atoms with Crippen molar-refractivity contribution in [1.29, 1.82) is 0 Å². The van der Waals surface area contributed by atoms with E-state index in [2.05, 4.69) is 27.1 Å². The fraction of sp³-hybridized carbons (Fsp3) is 0.750. The summed E-state index contributed by atoms with van der Waals surface area (Å²) >= 11 is 1.18. The summed E-state index contributed by atoms with van der Waals surface area (Å²) < 4.78 is 3.84. The lowest BCUT2D eigenvalue weighted by Gasteiger charge is -2.34. The van der Waals surface area contributed by atoms with Gasteiger partial charge in [0.2, 0.25) is 0 Å². The molecule has 0 saturated carbocycles. The van der Waals surface area contributed by atoms with Crippen LogP contribution in [-0.4, -0.2) is 35.1 Å². The van der Waals surface area contributed by atoms with Crippen LogP contribution in [0.1, 0.15) is 42.1 Å². The number of nitrogens with zero attached hydrogens (tertiary/aromatic N) is 2. The van der Waals surface area contributed by atoms with Gasteiger partial charge in [-0.1, -0.05) is 18.3 Å². The summed E-state index contributed by atoms with van der Waals surface area (Å²) in [6.07, 6.45) is 3.08.